The molecule has 176 valence electrons. The summed E-state index contributed by atoms with van der Waals surface area (Å²) in [6.45, 7) is 5.48. The Morgan fingerprint density at radius 2 is 1.53 bits per heavy atom. The second-order valence-corrected chi connectivity index (χ2v) is 9.30. The van der Waals surface area contributed by atoms with Crippen molar-refractivity contribution < 1.29 is 9.90 Å². The average molecular weight is 456 g/mol. The van der Waals surface area contributed by atoms with Crippen LogP contribution in [-0.2, 0) is 6.54 Å². The zero-order valence-electron chi connectivity index (χ0n) is 20.3. The van der Waals surface area contributed by atoms with Crippen molar-refractivity contribution in [2.24, 2.45) is 0 Å². The number of carbonyl (C=O) groups is 1. The minimum absolute atomic E-state index is 0.0181. The summed E-state index contributed by atoms with van der Waals surface area (Å²) in [5.41, 5.74) is 4.86. The molecule has 1 atom stereocenters. The summed E-state index contributed by atoms with van der Waals surface area (Å²) < 4.78 is 2.17. The fraction of sp³-hybridized carbons (Fsp3) is 0.276. The lowest BCUT2D eigenvalue weighted by Crippen LogP contribution is -2.33. The Morgan fingerprint density at radius 1 is 0.912 bits per heavy atom. The third-order valence-electron chi connectivity index (χ3n) is 6.06. The number of benzene rings is 3. The molecule has 0 aliphatic carbocycles. The molecular weight excluding hydrogens is 422 g/mol. The van der Waals surface area contributed by atoms with Crippen LogP contribution >= 0.6 is 0 Å². The first-order chi connectivity index (χ1) is 16.4. The Hall–Kier alpha value is -3.57. The number of para-hydroxylation sites is 1. The number of aromatic hydroxyl groups is 1. The van der Waals surface area contributed by atoms with Crippen LogP contribution in [0.2, 0.25) is 0 Å². The summed E-state index contributed by atoms with van der Waals surface area (Å²) in [5, 5.41) is 14.2. The van der Waals surface area contributed by atoms with E-state index in [1.807, 2.05) is 70.4 Å². The lowest BCUT2D eigenvalue weighted by Gasteiger charge is -2.22. The molecule has 4 aromatic rings. The molecule has 4 rings (SSSR count). The fourth-order valence-corrected chi connectivity index (χ4v) is 4.57. The summed E-state index contributed by atoms with van der Waals surface area (Å²) >= 11 is 0. The molecule has 0 spiro atoms. The van der Waals surface area contributed by atoms with Crippen LogP contribution in [0.5, 0.6) is 5.75 Å². The molecule has 0 aliphatic heterocycles. The number of rotatable bonds is 8. The quantitative estimate of drug-likeness (QED) is 0.383. The molecule has 0 radical (unpaired) electrons. The van der Waals surface area contributed by atoms with Gasteiger partial charge in [-0.1, -0.05) is 60.7 Å². The molecule has 0 saturated carbocycles. The maximum absolute atomic E-state index is 13.7. The van der Waals surface area contributed by atoms with E-state index in [0.717, 1.165) is 34.1 Å². The van der Waals surface area contributed by atoms with Gasteiger partial charge in [0.2, 0.25) is 0 Å². The number of hydrogen-bond acceptors (Lipinski definition) is 3. The normalized spacial score (nSPS) is 12.4. The van der Waals surface area contributed by atoms with Crippen molar-refractivity contribution in [1.82, 2.24) is 14.8 Å². The highest BCUT2D eigenvalue weighted by molar-refractivity contribution is 6.03. The summed E-state index contributed by atoms with van der Waals surface area (Å²) in [5.74, 6) is -0.0124. The zero-order chi connectivity index (χ0) is 24.2. The van der Waals surface area contributed by atoms with Crippen LogP contribution in [0.15, 0.2) is 78.9 Å². The number of likely N-dealkylation sites (N-methyl/N-ethyl adjacent to an activating group) is 1. The van der Waals surface area contributed by atoms with Gasteiger partial charge in [0.05, 0.1) is 0 Å². The number of fused-ring (bicyclic) bond motifs is 1. The second kappa shape index (κ2) is 10.1. The van der Waals surface area contributed by atoms with Gasteiger partial charge in [0.15, 0.2) is 0 Å². The maximum atomic E-state index is 13.7. The van der Waals surface area contributed by atoms with Crippen molar-refractivity contribution in [2.75, 3.05) is 20.6 Å². The van der Waals surface area contributed by atoms with E-state index in [-0.39, 0.29) is 23.6 Å². The highest BCUT2D eigenvalue weighted by atomic mass is 16.3. The molecule has 5 heteroatoms. The molecule has 1 aromatic heterocycles. The van der Waals surface area contributed by atoms with Gasteiger partial charge in [-0.05, 0) is 57.3 Å². The minimum atomic E-state index is -0.166. The molecule has 2 N–H and O–H groups in total. The highest BCUT2D eigenvalue weighted by Crippen LogP contribution is 2.40. The van der Waals surface area contributed by atoms with Crippen molar-refractivity contribution in [2.45, 2.75) is 32.4 Å². The number of amides is 1. The number of phenols is 1. The van der Waals surface area contributed by atoms with Gasteiger partial charge >= 0.3 is 0 Å². The standard InChI is InChI=1S/C29H33N3O2/c1-20(2)30-29(34)28-27(24-12-8-9-13-25(24)32(28)19-18-31(3)4)26(21-10-6-5-7-11-21)22-14-16-23(33)17-15-22/h5-17,20,26,33H,18-19H2,1-4H3,(H,30,34). The van der Waals surface area contributed by atoms with Gasteiger partial charge in [0.1, 0.15) is 11.4 Å². The van der Waals surface area contributed by atoms with Crippen LogP contribution in [-0.4, -0.2) is 47.2 Å². The van der Waals surface area contributed by atoms with Crippen molar-refractivity contribution in [3.63, 3.8) is 0 Å². The Bertz CT molecular complexity index is 1260. The van der Waals surface area contributed by atoms with Crippen molar-refractivity contribution in [1.29, 1.82) is 0 Å². The topological polar surface area (TPSA) is 57.5 Å². The zero-order valence-corrected chi connectivity index (χ0v) is 20.3. The summed E-state index contributed by atoms with van der Waals surface area (Å²) in [7, 11) is 4.09. The third-order valence-corrected chi connectivity index (χ3v) is 6.06. The third kappa shape index (κ3) is 4.85. The van der Waals surface area contributed by atoms with Crippen molar-refractivity contribution in [3.05, 3.63) is 101 Å². The van der Waals surface area contributed by atoms with Gasteiger partial charge in [-0.25, -0.2) is 0 Å². The fourth-order valence-electron chi connectivity index (χ4n) is 4.57. The van der Waals surface area contributed by atoms with Crippen LogP contribution in [0.25, 0.3) is 10.9 Å². The van der Waals surface area contributed by atoms with Crippen LogP contribution in [0.1, 0.15) is 46.9 Å². The minimum Gasteiger partial charge on any atom is -0.508 e. The Labute approximate surface area is 201 Å². The van der Waals surface area contributed by atoms with Crippen molar-refractivity contribution >= 4 is 16.8 Å². The lowest BCUT2D eigenvalue weighted by molar-refractivity contribution is 0.0932. The number of phenolic OH excluding ortho intramolecular Hbond substituents is 1. The smallest absolute Gasteiger partial charge is 0.268 e. The summed E-state index contributed by atoms with van der Waals surface area (Å²) in [6.07, 6.45) is 0. The molecule has 34 heavy (non-hydrogen) atoms. The molecule has 1 heterocycles. The van der Waals surface area contributed by atoms with Gasteiger partial charge in [-0.15, -0.1) is 0 Å². The monoisotopic (exact) mass is 455 g/mol. The van der Waals surface area contributed by atoms with Gasteiger partial charge in [0.25, 0.3) is 5.91 Å². The molecule has 0 aliphatic rings. The maximum Gasteiger partial charge on any atom is 0.268 e. The van der Waals surface area contributed by atoms with Gasteiger partial charge in [0, 0.05) is 41.5 Å². The van der Waals surface area contributed by atoms with E-state index in [2.05, 4.69) is 39.0 Å². The summed E-state index contributed by atoms with van der Waals surface area (Å²) in [6, 6.07) is 25.9. The van der Waals surface area contributed by atoms with Crippen LogP contribution < -0.4 is 5.32 Å². The van der Waals surface area contributed by atoms with Crippen molar-refractivity contribution in [3.8, 4) is 5.75 Å². The van der Waals surface area contributed by atoms with E-state index in [1.165, 1.54) is 0 Å². The first-order valence-corrected chi connectivity index (χ1v) is 11.8. The molecule has 0 bridgehead atoms. The van der Waals surface area contributed by atoms with Crippen LogP contribution in [0, 0.1) is 0 Å². The van der Waals surface area contributed by atoms with Crippen LogP contribution in [0.4, 0.5) is 0 Å². The van der Waals surface area contributed by atoms with E-state index in [0.29, 0.717) is 12.2 Å². The van der Waals surface area contributed by atoms with E-state index in [9.17, 15) is 9.90 Å². The molecule has 1 unspecified atom stereocenters. The number of hydrogen-bond donors (Lipinski definition) is 2. The number of aromatic nitrogens is 1. The van der Waals surface area contributed by atoms with E-state index < -0.39 is 0 Å². The molecule has 0 fully saturated rings. The second-order valence-electron chi connectivity index (χ2n) is 9.30. The summed E-state index contributed by atoms with van der Waals surface area (Å²) in [4.78, 5) is 15.9. The average Bonchev–Trinajstić information content (AvgIpc) is 3.14. The van der Waals surface area contributed by atoms with Crippen LogP contribution in [0.3, 0.4) is 0 Å². The lowest BCUT2D eigenvalue weighted by atomic mass is 9.83. The molecule has 3 aromatic carbocycles. The molecular formula is C29H33N3O2. The largest absolute Gasteiger partial charge is 0.508 e. The first kappa shape index (κ1) is 23.6. The van der Waals surface area contributed by atoms with E-state index in [1.54, 1.807) is 12.1 Å². The SMILES string of the molecule is CC(C)NC(=O)c1c(C(c2ccccc2)c2ccc(O)cc2)c2ccccc2n1CCN(C)C. The first-order valence-electron chi connectivity index (χ1n) is 11.8. The number of carbonyl (C=O) groups excluding carboxylic acids is 1. The number of nitrogens with zero attached hydrogens (tertiary/aromatic N) is 2. The predicted octanol–water partition coefficient (Wildman–Crippen LogP) is 5.23. The van der Waals surface area contributed by atoms with Gasteiger partial charge < -0.3 is 19.9 Å². The van der Waals surface area contributed by atoms with E-state index >= 15 is 0 Å². The van der Waals surface area contributed by atoms with Gasteiger partial charge in [-0.2, -0.15) is 0 Å². The molecule has 0 saturated heterocycles. The Kier molecular flexibility index (Phi) is 7.03. The van der Waals surface area contributed by atoms with Gasteiger partial charge in [-0.3, -0.25) is 4.79 Å². The molecule has 5 nitrogen and oxygen atoms in total. The Balaban J connectivity index is 2.05. The predicted molar refractivity (Wildman–Crippen MR) is 139 cm³/mol. The molecule has 1 amide bonds. The Morgan fingerprint density at radius 3 is 2.18 bits per heavy atom. The number of nitrogens with one attached hydrogen (secondary N) is 1. The highest BCUT2D eigenvalue weighted by Gasteiger charge is 2.30. The van der Waals surface area contributed by atoms with E-state index in [4.69, 9.17) is 0 Å².